The third-order valence-corrected chi connectivity index (χ3v) is 8.19. The van der Waals surface area contributed by atoms with Crippen molar-refractivity contribution in [3.05, 3.63) is 46.9 Å². The summed E-state index contributed by atoms with van der Waals surface area (Å²) < 4.78 is 5.79. The Balaban J connectivity index is 1.37. The number of carboxylic acids is 1. The normalized spacial score (nSPS) is 20.3. The average molecular weight is 519 g/mol. The number of β-lactam (4-membered cyclic amide) rings is 1. The molecule has 0 radical (unpaired) electrons. The van der Waals surface area contributed by atoms with Crippen molar-refractivity contribution < 1.29 is 29.3 Å². The Morgan fingerprint density at radius 3 is 2.91 bits per heavy atom. The molecule has 1 unspecified atom stereocenters. The molecule has 5 rings (SSSR count). The number of anilines is 1. The van der Waals surface area contributed by atoms with E-state index in [2.05, 4.69) is 19.8 Å². The highest BCUT2D eigenvalue weighted by Gasteiger charge is 2.55. The molecule has 15 heteroatoms. The number of nitrogens with zero attached hydrogens (tertiary/aromatic N) is 5. The second-order valence-corrected chi connectivity index (χ2v) is 10.1. The fraction of sp³-hybridized carbons (Fsp3) is 0.211. The Labute approximate surface area is 203 Å². The lowest BCUT2D eigenvalue weighted by molar-refractivity contribution is -0.661. The molecule has 5 N–H and O–H groups in total. The van der Waals surface area contributed by atoms with E-state index in [1.807, 2.05) is 34.3 Å². The van der Waals surface area contributed by atoms with Crippen molar-refractivity contribution in [1.82, 2.24) is 19.6 Å². The van der Waals surface area contributed by atoms with Crippen LogP contribution < -0.4 is 15.6 Å². The highest BCUT2D eigenvalue weighted by molar-refractivity contribution is 8.00. The molecule has 2 amide bonds. The van der Waals surface area contributed by atoms with Crippen LogP contribution in [0.1, 0.15) is 5.82 Å². The van der Waals surface area contributed by atoms with Crippen molar-refractivity contribution in [3.63, 3.8) is 0 Å². The van der Waals surface area contributed by atoms with E-state index in [-0.39, 0.29) is 16.7 Å². The van der Waals surface area contributed by atoms with Crippen LogP contribution in [0.15, 0.2) is 46.2 Å². The molecule has 34 heavy (non-hydrogen) atoms. The lowest BCUT2D eigenvalue weighted by atomic mass is 10.0. The van der Waals surface area contributed by atoms with Crippen LogP contribution in [0.2, 0.25) is 0 Å². The number of amides is 2. The molecule has 0 spiro atoms. The number of thiophene rings is 1. The SMILES string of the molecule is Nc1nc(C(=NO)C(=O)NC2C(=O)N3C(C(=O)O)=C(C[n+]4cccc5ccsc54)CS[C@@H]23)ns1. The van der Waals surface area contributed by atoms with E-state index in [1.54, 1.807) is 11.3 Å². The predicted octanol–water partition coefficient (Wildman–Crippen LogP) is 0.240. The van der Waals surface area contributed by atoms with Gasteiger partial charge in [0.1, 0.15) is 17.1 Å². The zero-order valence-corrected chi connectivity index (χ0v) is 19.6. The Hall–Kier alpha value is -3.56. The van der Waals surface area contributed by atoms with Gasteiger partial charge in [-0.15, -0.1) is 11.8 Å². The van der Waals surface area contributed by atoms with E-state index in [1.165, 1.54) is 16.7 Å². The number of nitrogen functional groups attached to an aromatic ring is 1. The van der Waals surface area contributed by atoms with Crippen molar-refractivity contribution >= 4 is 73.5 Å². The van der Waals surface area contributed by atoms with Crippen LogP contribution in [-0.4, -0.2) is 65.2 Å². The largest absolute Gasteiger partial charge is 0.477 e. The first kappa shape index (κ1) is 22.2. The van der Waals surface area contributed by atoms with Gasteiger partial charge < -0.3 is 21.4 Å². The van der Waals surface area contributed by atoms with Crippen molar-refractivity contribution in [2.45, 2.75) is 18.0 Å². The lowest BCUT2D eigenvalue weighted by Gasteiger charge is -2.49. The summed E-state index contributed by atoms with van der Waals surface area (Å²) in [6, 6.07) is 4.86. The topological polar surface area (TPSA) is 175 Å². The van der Waals surface area contributed by atoms with Crippen molar-refractivity contribution in [2.75, 3.05) is 11.5 Å². The number of pyridine rings is 1. The summed E-state index contributed by atoms with van der Waals surface area (Å²) in [6.07, 6.45) is 1.87. The second-order valence-electron chi connectivity index (χ2n) is 7.34. The summed E-state index contributed by atoms with van der Waals surface area (Å²) in [7, 11) is 0. The van der Waals surface area contributed by atoms with Crippen LogP contribution in [0.4, 0.5) is 5.13 Å². The first-order chi connectivity index (χ1) is 16.4. The van der Waals surface area contributed by atoms with Crippen molar-refractivity contribution in [1.29, 1.82) is 0 Å². The Bertz CT molecular complexity index is 1400. The number of fused-ring (bicyclic) bond motifs is 2. The molecule has 2 aliphatic rings. The molecule has 0 saturated carbocycles. The van der Waals surface area contributed by atoms with Gasteiger partial charge in [0.25, 0.3) is 16.6 Å². The molecule has 0 aromatic carbocycles. The quantitative estimate of drug-likeness (QED) is 0.117. The maximum atomic E-state index is 12.9. The number of rotatable bonds is 6. The van der Waals surface area contributed by atoms with Crippen LogP contribution >= 0.6 is 34.6 Å². The number of thioether (sulfide) groups is 1. The van der Waals surface area contributed by atoms with Crippen molar-refractivity contribution in [3.8, 4) is 0 Å². The van der Waals surface area contributed by atoms with Crippen LogP contribution in [0.5, 0.6) is 0 Å². The van der Waals surface area contributed by atoms with Gasteiger partial charge in [-0.25, -0.2) is 4.79 Å². The fourth-order valence-corrected chi connectivity index (χ4v) is 6.50. The number of aromatic nitrogens is 3. The van der Waals surface area contributed by atoms with Gasteiger partial charge in [-0.3, -0.25) is 14.5 Å². The monoisotopic (exact) mass is 518 g/mol. The molecular formula is C19H16N7O5S3+. The molecule has 2 atom stereocenters. The van der Waals surface area contributed by atoms with Crippen LogP contribution in [0.3, 0.4) is 0 Å². The first-order valence-electron chi connectivity index (χ1n) is 9.77. The minimum Gasteiger partial charge on any atom is -0.477 e. The maximum Gasteiger partial charge on any atom is 0.352 e. The fourth-order valence-electron chi connectivity index (χ4n) is 3.86. The molecule has 174 valence electrons. The maximum absolute atomic E-state index is 12.9. The van der Waals surface area contributed by atoms with Gasteiger partial charge in [0.05, 0.1) is 5.39 Å². The summed E-state index contributed by atoms with van der Waals surface area (Å²) in [6.45, 7) is 0.318. The minimum absolute atomic E-state index is 0.0784. The van der Waals surface area contributed by atoms with E-state index in [0.29, 0.717) is 17.9 Å². The standard InChI is InChI=1S/C19H15N7O5S3/c20-19-22-13(24-34-19)10(23-31)14(27)21-11-15(28)26-12(18(29)30)9(7-33-17(11)26)6-25-4-1-2-8-3-5-32-16(8)25/h1-5,11,17H,6-7H2,(H4-,20,21,22,24,27,29,30,31)/p+1/t11?,17-/m0/s1. The Kier molecular flexibility index (Phi) is 5.66. The van der Waals surface area contributed by atoms with E-state index in [4.69, 9.17) is 5.73 Å². The summed E-state index contributed by atoms with van der Waals surface area (Å²) in [5.41, 5.74) is 5.53. The first-order valence-corrected chi connectivity index (χ1v) is 12.5. The van der Waals surface area contributed by atoms with Gasteiger partial charge >= 0.3 is 5.97 Å². The number of aliphatic carboxylic acids is 1. The molecular weight excluding hydrogens is 502 g/mol. The number of carbonyl (C=O) groups excluding carboxylic acids is 2. The lowest BCUT2D eigenvalue weighted by Crippen LogP contribution is -2.71. The molecule has 12 nitrogen and oxygen atoms in total. The van der Waals surface area contributed by atoms with Gasteiger partial charge in [0, 0.05) is 28.9 Å². The van der Waals surface area contributed by atoms with Gasteiger partial charge in [-0.05, 0) is 17.5 Å². The summed E-state index contributed by atoms with van der Waals surface area (Å²) in [5.74, 6) is -2.46. The number of carbonyl (C=O) groups is 3. The highest BCUT2D eigenvalue weighted by atomic mass is 32.2. The van der Waals surface area contributed by atoms with E-state index in [9.17, 15) is 24.7 Å². The number of oxime groups is 1. The zero-order valence-electron chi connectivity index (χ0n) is 17.1. The molecule has 3 aromatic rings. The summed E-state index contributed by atoms with van der Waals surface area (Å²) >= 11 is 3.72. The van der Waals surface area contributed by atoms with Gasteiger partial charge in [0.15, 0.2) is 17.9 Å². The summed E-state index contributed by atoms with van der Waals surface area (Å²) in [4.78, 5) is 43.6. The van der Waals surface area contributed by atoms with E-state index < -0.39 is 34.9 Å². The van der Waals surface area contributed by atoms with E-state index >= 15 is 0 Å². The van der Waals surface area contributed by atoms with Crippen molar-refractivity contribution in [2.24, 2.45) is 5.16 Å². The third-order valence-electron chi connectivity index (χ3n) is 5.34. The minimum atomic E-state index is -1.21. The van der Waals surface area contributed by atoms with E-state index in [0.717, 1.165) is 21.7 Å². The van der Waals surface area contributed by atoms with Crippen LogP contribution in [-0.2, 0) is 20.9 Å². The number of hydrogen-bond donors (Lipinski definition) is 4. The predicted molar refractivity (Wildman–Crippen MR) is 124 cm³/mol. The molecule has 1 saturated heterocycles. The second kappa shape index (κ2) is 8.66. The van der Waals surface area contributed by atoms with Gasteiger partial charge in [-0.1, -0.05) is 16.5 Å². The highest BCUT2D eigenvalue weighted by Crippen LogP contribution is 2.40. The zero-order chi connectivity index (χ0) is 24.0. The Morgan fingerprint density at radius 1 is 1.38 bits per heavy atom. The van der Waals surface area contributed by atoms with Crippen LogP contribution in [0.25, 0.3) is 10.2 Å². The average Bonchev–Trinajstić information content (AvgIpc) is 3.47. The third kappa shape index (κ3) is 3.66. The molecule has 2 aliphatic heterocycles. The summed E-state index contributed by atoms with van der Waals surface area (Å²) in [5, 5.41) is 27.0. The number of hydrogen-bond acceptors (Lipinski definition) is 11. The molecule has 3 aromatic heterocycles. The van der Waals surface area contributed by atoms with Gasteiger partial charge in [0.2, 0.25) is 11.5 Å². The Morgan fingerprint density at radius 2 is 2.21 bits per heavy atom. The molecule has 1 fully saturated rings. The van der Waals surface area contributed by atoms with Crippen LogP contribution in [0, 0.1) is 0 Å². The molecule has 0 bridgehead atoms. The number of nitrogens with two attached hydrogens (primary N) is 1. The van der Waals surface area contributed by atoms with Gasteiger partial charge in [-0.2, -0.15) is 13.9 Å². The molecule has 5 heterocycles. The smallest absolute Gasteiger partial charge is 0.352 e. The number of carboxylic acid groups (broad SMARTS) is 1. The number of nitrogens with one attached hydrogen (secondary N) is 1. The molecule has 0 aliphatic carbocycles.